The molecular weight excluding hydrogens is 204 g/mol. The first kappa shape index (κ1) is 11.7. The molecule has 2 heterocycles. The molecule has 0 amide bonds. The van der Waals surface area contributed by atoms with E-state index in [1.54, 1.807) is 0 Å². The molecule has 0 aliphatic carbocycles. The van der Waals surface area contributed by atoms with Crippen LogP contribution in [0.3, 0.4) is 0 Å². The summed E-state index contributed by atoms with van der Waals surface area (Å²) in [6, 6.07) is 1.26. The number of nitrogens with zero attached hydrogens (tertiary/aromatic N) is 1. The lowest BCUT2D eigenvalue weighted by atomic mass is 9.92. The molecule has 0 bridgehead atoms. The number of rotatable bonds is 1. The molecule has 0 saturated carbocycles. The van der Waals surface area contributed by atoms with Crippen molar-refractivity contribution < 1.29 is 0 Å². The minimum Gasteiger partial charge on any atom is -0.327 e. The zero-order valence-electron chi connectivity index (χ0n) is 9.98. The van der Waals surface area contributed by atoms with Crippen LogP contribution < -0.4 is 5.73 Å². The molecule has 4 atom stereocenters. The Hall–Kier alpha value is 0.270. The maximum absolute atomic E-state index is 6.07. The summed E-state index contributed by atoms with van der Waals surface area (Å²) in [6.45, 7) is 7.14. The SMILES string of the molecule is CC1CN(C2CCCSC2C)CCC1N. The molecule has 15 heavy (non-hydrogen) atoms. The summed E-state index contributed by atoms with van der Waals surface area (Å²) >= 11 is 2.15. The van der Waals surface area contributed by atoms with Crippen LogP contribution in [-0.4, -0.2) is 41.1 Å². The van der Waals surface area contributed by atoms with Crippen LogP contribution in [0.4, 0.5) is 0 Å². The predicted octanol–water partition coefficient (Wildman–Crippen LogP) is 1.94. The van der Waals surface area contributed by atoms with Crippen LogP contribution in [0.25, 0.3) is 0 Å². The van der Waals surface area contributed by atoms with E-state index in [1.807, 2.05) is 0 Å². The quantitative estimate of drug-likeness (QED) is 0.744. The Morgan fingerprint density at radius 1 is 1.27 bits per heavy atom. The number of hydrogen-bond acceptors (Lipinski definition) is 3. The highest BCUT2D eigenvalue weighted by Crippen LogP contribution is 2.31. The summed E-state index contributed by atoms with van der Waals surface area (Å²) in [6.07, 6.45) is 3.99. The van der Waals surface area contributed by atoms with Crippen molar-refractivity contribution in [1.82, 2.24) is 4.90 Å². The zero-order valence-corrected chi connectivity index (χ0v) is 10.8. The molecule has 0 aromatic heterocycles. The average molecular weight is 228 g/mol. The Morgan fingerprint density at radius 3 is 2.73 bits per heavy atom. The van der Waals surface area contributed by atoms with E-state index in [2.05, 4.69) is 30.5 Å². The first-order valence-corrected chi connectivity index (χ1v) is 7.34. The number of likely N-dealkylation sites (tertiary alicyclic amines) is 1. The number of thioether (sulfide) groups is 1. The number of piperidine rings is 1. The van der Waals surface area contributed by atoms with E-state index in [9.17, 15) is 0 Å². The molecule has 88 valence electrons. The van der Waals surface area contributed by atoms with E-state index in [-0.39, 0.29) is 0 Å². The lowest BCUT2D eigenvalue weighted by Gasteiger charge is -2.43. The Morgan fingerprint density at radius 2 is 2.07 bits per heavy atom. The predicted molar refractivity (Wildman–Crippen MR) is 68.3 cm³/mol. The van der Waals surface area contributed by atoms with Gasteiger partial charge in [0.05, 0.1) is 0 Å². The highest BCUT2D eigenvalue weighted by molar-refractivity contribution is 7.99. The molecule has 2 nitrogen and oxygen atoms in total. The van der Waals surface area contributed by atoms with E-state index >= 15 is 0 Å². The van der Waals surface area contributed by atoms with Gasteiger partial charge in [0.25, 0.3) is 0 Å². The van der Waals surface area contributed by atoms with Crippen LogP contribution in [0.1, 0.15) is 33.1 Å². The number of nitrogens with two attached hydrogens (primary N) is 1. The lowest BCUT2D eigenvalue weighted by Crippen LogP contribution is -2.52. The van der Waals surface area contributed by atoms with Gasteiger partial charge in [-0.3, -0.25) is 4.90 Å². The van der Waals surface area contributed by atoms with Crippen molar-refractivity contribution in [2.45, 2.75) is 50.4 Å². The van der Waals surface area contributed by atoms with Crippen LogP contribution in [0, 0.1) is 5.92 Å². The Balaban J connectivity index is 1.92. The average Bonchev–Trinajstić information content (AvgIpc) is 2.23. The maximum Gasteiger partial charge on any atom is 0.0212 e. The first-order chi connectivity index (χ1) is 7.18. The van der Waals surface area contributed by atoms with Gasteiger partial charge in [0, 0.05) is 23.9 Å². The molecule has 0 aromatic carbocycles. The first-order valence-electron chi connectivity index (χ1n) is 6.29. The summed E-state index contributed by atoms with van der Waals surface area (Å²) in [5.74, 6) is 2.04. The molecule has 0 spiro atoms. The van der Waals surface area contributed by atoms with Crippen LogP contribution in [0.5, 0.6) is 0 Å². The van der Waals surface area contributed by atoms with E-state index in [4.69, 9.17) is 5.73 Å². The molecule has 2 N–H and O–H groups in total. The van der Waals surface area contributed by atoms with E-state index in [0.717, 1.165) is 11.3 Å². The monoisotopic (exact) mass is 228 g/mol. The topological polar surface area (TPSA) is 29.3 Å². The third-order valence-corrected chi connectivity index (χ3v) is 5.40. The van der Waals surface area contributed by atoms with E-state index in [0.29, 0.717) is 12.0 Å². The van der Waals surface area contributed by atoms with Crippen LogP contribution in [-0.2, 0) is 0 Å². The molecule has 2 aliphatic heterocycles. The van der Waals surface area contributed by atoms with Gasteiger partial charge in [-0.15, -0.1) is 0 Å². The molecule has 4 unspecified atom stereocenters. The summed E-state index contributed by atoms with van der Waals surface area (Å²) in [4.78, 5) is 2.70. The maximum atomic E-state index is 6.07. The van der Waals surface area contributed by atoms with E-state index in [1.165, 1.54) is 38.1 Å². The van der Waals surface area contributed by atoms with Gasteiger partial charge in [0.15, 0.2) is 0 Å². The summed E-state index contributed by atoms with van der Waals surface area (Å²) in [5, 5.41) is 0.820. The van der Waals surface area contributed by atoms with Crippen molar-refractivity contribution in [1.29, 1.82) is 0 Å². The largest absolute Gasteiger partial charge is 0.327 e. The summed E-state index contributed by atoms with van der Waals surface area (Å²) in [5.41, 5.74) is 6.07. The zero-order chi connectivity index (χ0) is 10.8. The number of hydrogen-bond donors (Lipinski definition) is 1. The molecule has 3 heteroatoms. The van der Waals surface area contributed by atoms with Crippen molar-refractivity contribution in [2.75, 3.05) is 18.8 Å². The smallest absolute Gasteiger partial charge is 0.0212 e. The summed E-state index contributed by atoms with van der Waals surface area (Å²) < 4.78 is 0. The Bertz CT molecular complexity index is 210. The molecule has 2 saturated heterocycles. The molecular formula is C12H24N2S. The highest BCUT2D eigenvalue weighted by atomic mass is 32.2. The van der Waals surface area contributed by atoms with Gasteiger partial charge >= 0.3 is 0 Å². The third-order valence-electron chi connectivity index (χ3n) is 4.04. The van der Waals surface area contributed by atoms with Crippen molar-refractivity contribution in [2.24, 2.45) is 11.7 Å². The second-order valence-corrected chi connectivity index (χ2v) is 6.70. The standard InChI is InChI=1S/C12H24N2S/c1-9-8-14(6-5-11(9)13)12-4-3-7-15-10(12)2/h9-12H,3-8,13H2,1-2H3. The van der Waals surface area contributed by atoms with Gasteiger partial charge in [0.1, 0.15) is 0 Å². The van der Waals surface area contributed by atoms with Crippen molar-refractivity contribution in [3.63, 3.8) is 0 Å². The normalized spacial score (nSPS) is 44.2. The minimum atomic E-state index is 0.438. The molecule has 2 fully saturated rings. The van der Waals surface area contributed by atoms with Crippen LogP contribution in [0.2, 0.25) is 0 Å². The van der Waals surface area contributed by atoms with E-state index < -0.39 is 0 Å². The van der Waals surface area contributed by atoms with Crippen molar-refractivity contribution in [3.05, 3.63) is 0 Å². The highest BCUT2D eigenvalue weighted by Gasteiger charge is 2.32. The second kappa shape index (κ2) is 5.07. The minimum absolute atomic E-state index is 0.438. The molecule has 2 rings (SSSR count). The fraction of sp³-hybridized carbons (Fsp3) is 1.00. The van der Waals surface area contributed by atoms with Gasteiger partial charge in [-0.05, 0) is 37.5 Å². The van der Waals surface area contributed by atoms with Crippen molar-refractivity contribution >= 4 is 11.8 Å². The molecule has 0 radical (unpaired) electrons. The molecule has 2 aliphatic rings. The van der Waals surface area contributed by atoms with Gasteiger partial charge < -0.3 is 5.73 Å². The van der Waals surface area contributed by atoms with Crippen LogP contribution >= 0.6 is 11.8 Å². The third kappa shape index (κ3) is 2.69. The summed E-state index contributed by atoms with van der Waals surface area (Å²) in [7, 11) is 0. The molecule has 0 aromatic rings. The lowest BCUT2D eigenvalue weighted by molar-refractivity contribution is 0.108. The fourth-order valence-electron chi connectivity index (χ4n) is 2.88. The van der Waals surface area contributed by atoms with Gasteiger partial charge in [-0.25, -0.2) is 0 Å². The fourth-order valence-corrected chi connectivity index (χ4v) is 4.12. The Kier molecular flexibility index (Phi) is 3.97. The van der Waals surface area contributed by atoms with Gasteiger partial charge in [-0.2, -0.15) is 11.8 Å². The van der Waals surface area contributed by atoms with Gasteiger partial charge in [-0.1, -0.05) is 13.8 Å². The van der Waals surface area contributed by atoms with Crippen molar-refractivity contribution in [3.8, 4) is 0 Å². The van der Waals surface area contributed by atoms with Gasteiger partial charge in [0.2, 0.25) is 0 Å². The van der Waals surface area contributed by atoms with Crippen LogP contribution in [0.15, 0.2) is 0 Å². The Labute approximate surface area is 98.0 Å². The second-order valence-electron chi connectivity index (χ2n) is 5.21.